The fraction of sp³-hybridized carbons (Fsp3) is 0.125. The number of Topliss-reactive ketones (excluding diaryl/α,β-unsaturated/α-hetero) is 1. The number of aliphatic hydroxyl groups is 1. The van der Waals surface area contributed by atoms with E-state index in [1.165, 1.54) is 47.3 Å². The number of furan rings is 1. The Hall–Kier alpha value is -3.83. The maximum absolute atomic E-state index is 13.3. The molecule has 0 saturated carbocycles. The molecule has 1 aliphatic rings. The van der Waals surface area contributed by atoms with Gasteiger partial charge in [0.25, 0.3) is 5.91 Å². The quantitative estimate of drug-likeness (QED) is 0.210. The molecule has 5 rings (SSSR count). The van der Waals surface area contributed by atoms with E-state index >= 15 is 0 Å². The summed E-state index contributed by atoms with van der Waals surface area (Å²) in [7, 11) is 0. The summed E-state index contributed by atoms with van der Waals surface area (Å²) in [5.74, 6) is -1.25. The molecule has 4 aromatic rings. The molecule has 11 heteroatoms. The minimum Gasteiger partial charge on any atom is -0.503 e. The number of thioether (sulfide) groups is 1. The Balaban J connectivity index is 1.47. The Morgan fingerprint density at radius 3 is 2.57 bits per heavy atom. The lowest BCUT2D eigenvalue weighted by atomic mass is 9.96. The number of amides is 1. The number of aromatic nitrogens is 3. The second-order valence-corrected chi connectivity index (χ2v) is 9.80. The summed E-state index contributed by atoms with van der Waals surface area (Å²) in [4.78, 5) is 31.7. The van der Waals surface area contributed by atoms with E-state index in [0.717, 1.165) is 16.9 Å². The highest BCUT2D eigenvalue weighted by molar-refractivity contribution is 8.00. The largest absolute Gasteiger partial charge is 0.503 e. The number of halogens is 1. The second kappa shape index (κ2) is 9.43. The maximum atomic E-state index is 13.3. The Morgan fingerprint density at radius 2 is 1.89 bits per heavy atom. The number of anilines is 1. The Morgan fingerprint density at radius 1 is 1.14 bits per heavy atom. The molecule has 35 heavy (non-hydrogen) atoms. The summed E-state index contributed by atoms with van der Waals surface area (Å²) in [6.07, 6.45) is 3.08. The van der Waals surface area contributed by atoms with E-state index in [4.69, 9.17) is 4.42 Å². The highest BCUT2D eigenvalue weighted by Crippen LogP contribution is 2.43. The molecule has 0 aliphatic carbocycles. The number of hydrogen-bond acceptors (Lipinski definition) is 9. The van der Waals surface area contributed by atoms with Gasteiger partial charge < -0.3 is 9.52 Å². The molecule has 0 fully saturated rings. The fourth-order valence-corrected chi connectivity index (χ4v) is 5.49. The third-order valence-electron chi connectivity index (χ3n) is 5.32. The molecular weight excluding hydrogens is 491 g/mol. The lowest BCUT2D eigenvalue weighted by Crippen LogP contribution is -2.31. The number of benzene rings is 1. The highest BCUT2D eigenvalue weighted by atomic mass is 32.2. The number of nitrogens with zero attached hydrogens (tertiary/aromatic N) is 4. The van der Waals surface area contributed by atoms with E-state index in [1.54, 1.807) is 37.3 Å². The Kier molecular flexibility index (Phi) is 6.18. The van der Waals surface area contributed by atoms with Crippen LogP contribution in [0.25, 0.3) is 0 Å². The normalized spacial score (nSPS) is 15.8. The van der Waals surface area contributed by atoms with E-state index in [1.807, 2.05) is 0 Å². The molecule has 1 aromatic carbocycles. The van der Waals surface area contributed by atoms with Gasteiger partial charge in [0.2, 0.25) is 10.9 Å². The SMILES string of the molecule is Cc1ccc(C(=O)C2=C(O)C(=O)N(c3nnc(SCc4ccc(F)cc4)s3)[C@H]2c2ccncc2)o1. The Labute approximate surface area is 207 Å². The number of carbonyl (C=O) groups is 2. The van der Waals surface area contributed by atoms with Crippen molar-refractivity contribution in [1.29, 1.82) is 0 Å². The van der Waals surface area contributed by atoms with Crippen LogP contribution < -0.4 is 4.90 Å². The third kappa shape index (κ3) is 4.47. The van der Waals surface area contributed by atoms with E-state index in [0.29, 0.717) is 21.4 Å². The van der Waals surface area contributed by atoms with Crippen LogP contribution in [0, 0.1) is 12.7 Å². The second-order valence-electron chi connectivity index (χ2n) is 7.63. The number of ketones is 1. The number of aryl methyl sites for hydroxylation is 1. The molecule has 3 aromatic heterocycles. The molecule has 8 nitrogen and oxygen atoms in total. The van der Waals surface area contributed by atoms with Gasteiger partial charge in [-0.3, -0.25) is 19.5 Å². The van der Waals surface area contributed by atoms with Crippen LogP contribution in [0.2, 0.25) is 0 Å². The topological polar surface area (TPSA) is 109 Å². The van der Waals surface area contributed by atoms with Crippen molar-refractivity contribution >= 4 is 39.9 Å². The molecule has 0 unspecified atom stereocenters. The molecule has 4 heterocycles. The van der Waals surface area contributed by atoms with Gasteiger partial charge in [-0.1, -0.05) is 35.2 Å². The lowest BCUT2D eigenvalue weighted by Gasteiger charge is -2.23. The molecule has 0 spiro atoms. The lowest BCUT2D eigenvalue weighted by molar-refractivity contribution is -0.117. The van der Waals surface area contributed by atoms with Crippen LogP contribution in [0.1, 0.15) is 33.5 Å². The zero-order valence-corrected chi connectivity index (χ0v) is 19.8. The first-order valence-electron chi connectivity index (χ1n) is 10.4. The average Bonchev–Trinajstić information content (AvgIpc) is 3.57. The van der Waals surface area contributed by atoms with Crippen molar-refractivity contribution in [3.05, 3.63) is 101 Å². The van der Waals surface area contributed by atoms with Gasteiger partial charge in [-0.25, -0.2) is 4.39 Å². The van der Waals surface area contributed by atoms with Gasteiger partial charge in [0, 0.05) is 18.1 Å². The van der Waals surface area contributed by atoms with Gasteiger partial charge in [0.15, 0.2) is 15.9 Å². The summed E-state index contributed by atoms with van der Waals surface area (Å²) < 4.78 is 19.2. The van der Waals surface area contributed by atoms with Crippen LogP contribution in [-0.4, -0.2) is 32.0 Å². The van der Waals surface area contributed by atoms with Gasteiger partial charge in [0.05, 0.1) is 11.6 Å². The zero-order chi connectivity index (χ0) is 24.5. The van der Waals surface area contributed by atoms with E-state index in [-0.39, 0.29) is 22.3 Å². The standard InChI is InChI=1S/C24H17FN4O4S2/c1-13-2-7-17(33-13)20(30)18-19(15-8-10-26-11-9-15)29(22(32)21(18)31)23-27-28-24(35-23)34-12-14-3-5-16(25)6-4-14/h2-11,19,31H,12H2,1H3/t19-/m0/s1. The summed E-state index contributed by atoms with van der Waals surface area (Å²) in [5.41, 5.74) is 1.37. The smallest absolute Gasteiger partial charge is 0.296 e. The maximum Gasteiger partial charge on any atom is 0.296 e. The predicted molar refractivity (Wildman–Crippen MR) is 128 cm³/mol. The molecule has 1 N–H and O–H groups in total. The summed E-state index contributed by atoms with van der Waals surface area (Å²) in [6.45, 7) is 1.70. The van der Waals surface area contributed by atoms with Crippen molar-refractivity contribution < 1.29 is 23.5 Å². The summed E-state index contributed by atoms with van der Waals surface area (Å²) in [6, 6.07) is 11.7. The van der Waals surface area contributed by atoms with Crippen LogP contribution in [0.4, 0.5) is 9.52 Å². The van der Waals surface area contributed by atoms with Crippen molar-refractivity contribution in [2.24, 2.45) is 0 Å². The predicted octanol–water partition coefficient (Wildman–Crippen LogP) is 5.05. The van der Waals surface area contributed by atoms with Crippen molar-refractivity contribution in [1.82, 2.24) is 15.2 Å². The number of pyridine rings is 1. The molecule has 1 atom stereocenters. The van der Waals surface area contributed by atoms with E-state index < -0.39 is 23.5 Å². The summed E-state index contributed by atoms with van der Waals surface area (Å²) >= 11 is 2.54. The van der Waals surface area contributed by atoms with Crippen LogP contribution >= 0.6 is 23.1 Å². The van der Waals surface area contributed by atoms with Gasteiger partial charge in [0.1, 0.15) is 11.6 Å². The molecule has 1 amide bonds. The minimum atomic E-state index is -0.939. The third-order valence-corrected chi connectivity index (χ3v) is 7.44. The van der Waals surface area contributed by atoms with Crippen molar-refractivity contribution in [2.45, 2.75) is 23.1 Å². The van der Waals surface area contributed by atoms with Gasteiger partial charge >= 0.3 is 0 Å². The van der Waals surface area contributed by atoms with Crippen LogP contribution in [0.5, 0.6) is 0 Å². The highest BCUT2D eigenvalue weighted by Gasteiger charge is 2.46. The molecule has 0 saturated heterocycles. The molecule has 1 aliphatic heterocycles. The van der Waals surface area contributed by atoms with Gasteiger partial charge in [-0.05, 0) is 54.4 Å². The average molecular weight is 509 g/mol. The number of carbonyl (C=O) groups excluding carboxylic acids is 2. The molecule has 0 radical (unpaired) electrons. The summed E-state index contributed by atoms with van der Waals surface area (Å²) in [5, 5.41) is 19.3. The zero-order valence-electron chi connectivity index (χ0n) is 18.2. The van der Waals surface area contributed by atoms with Crippen molar-refractivity contribution in [3.63, 3.8) is 0 Å². The monoisotopic (exact) mass is 508 g/mol. The molecule has 176 valence electrons. The van der Waals surface area contributed by atoms with Crippen LogP contribution in [0.15, 0.2) is 81.0 Å². The number of aliphatic hydroxyl groups excluding tert-OH is 1. The Bertz CT molecular complexity index is 1430. The van der Waals surface area contributed by atoms with E-state index in [9.17, 15) is 19.1 Å². The molecular formula is C24H17FN4O4S2. The first kappa shape index (κ1) is 22.9. The first-order chi connectivity index (χ1) is 16.9. The number of rotatable bonds is 7. The fourth-order valence-electron chi connectivity index (χ4n) is 3.67. The molecule has 0 bridgehead atoms. The van der Waals surface area contributed by atoms with E-state index in [2.05, 4.69) is 15.2 Å². The first-order valence-corrected chi connectivity index (χ1v) is 12.2. The van der Waals surface area contributed by atoms with Crippen LogP contribution in [-0.2, 0) is 10.5 Å². The van der Waals surface area contributed by atoms with Gasteiger partial charge in [-0.2, -0.15) is 0 Å². The number of hydrogen-bond donors (Lipinski definition) is 1. The van der Waals surface area contributed by atoms with Crippen LogP contribution in [0.3, 0.4) is 0 Å². The van der Waals surface area contributed by atoms with Crippen molar-refractivity contribution in [3.8, 4) is 0 Å². The minimum absolute atomic E-state index is 0.0190. The van der Waals surface area contributed by atoms with Crippen molar-refractivity contribution in [2.75, 3.05) is 4.90 Å². The van der Waals surface area contributed by atoms with Gasteiger partial charge in [-0.15, -0.1) is 10.2 Å².